The van der Waals surface area contributed by atoms with E-state index in [-0.39, 0.29) is 44.1 Å². The first-order valence-electron chi connectivity index (χ1n) is 16.0. The number of ether oxygens (including phenoxy) is 1. The monoisotopic (exact) mass is 664 g/mol. The van der Waals surface area contributed by atoms with Crippen LogP contribution in [0.15, 0.2) is 54.3 Å². The van der Waals surface area contributed by atoms with Crippen LogP contribution in [0, 0.1) is 5.82 Å². The Morgan fingerprint density at radius 2 is 1.83 bits per heavy atom. The Morgan fingerprint density at radius 3 is 2.52 bits per heavy atom. The summed E-state index contributed by atoms with van der Waals surface area (Å²) in [4.78, 5) is 52.1. The Labute approximate surface area is 296 Å². The number of amides is 3. The van der Waals surface area contributed by atoms with Crippen LogP contribution in [0.5, 0.6) is 0 Å². The molecule has 0 bridgehead atoms. The minimum Gasteiger partial charge on any atom is -1.00 e. The second-order valence-electron chi connectivity index (χ2n) is 13.4. The molecule has 5 heterocycles. The molecule has 4 aromatic rings. The zero-order chi connectivity index (χ0) is 32.9. The number of carbonyl (C=O) groups excluding carboxylic acids is 3. The first-order valence-corrected chi connectivity index (χ1v) is 16.9. The number of halogens is 1. The van der Waals surface area contributed by atoms with E-state index in [0.29, 0.717) is 35.4 Å². The summed E-state index contributed by atoms with van der Waals surface area (Å²) in [5, 5.41) is 5.01. The number of rotatable bonds is 6. The first kappa shape index (κ1) is 33.9. The van der Waals surface area contributed by atoms with E-state index in [2.05, 4.69) is 15.3 Å². The Balaban J connectivity index is 0.00000234. The van der Waals surface area contributed by atoms with E-state index in [9.17, 15) is 14.4 Å². The van der Waals surface area contributed by atoms with Gasteiger partial charge in [-0.15, -0.1) is 11.3 Å². The van der Waals surface area contributed by atoms with Gasteiger partial charge in [0, 0.05) is 48.0 Å². The van der Waals surface area contributed by atoms with Crippen molar-refractivity contribution < 1.29 is 43.8 Å². The van der Waals surface area contributed by atoms with Gasteiger partial charge < -0.3 is 20.5 Å². The maximum absolute atomic E-state index is 15.7. The van der Waals surface area contributed by atoms with Crippen LogP contribution >= 0.6 is 11.3 Å². The molecule has 1 N–H and O–H groups in total. The smallest absolute Gasteiger partial charge is 1.00 e. The number of carbonyl (C=O) groups is 3. The number of fused-ring (bicyclic) bond motifs is 2. The molecule has 1 unspecified atom stereocenters. The van der Waals surface area contributed by atoms with Gasteiger partial charge in [-0.2, -0.15) is 0 Å². The molecular weight excluding hydrogens is 626 g/mol. The van der Waals surface area contributed by atoms with Gasteiger partial charge in [0.2, 0.25) is 0 Å². The molecule has 10 nitrogen and oxygen atoms in total. The van der Waals surface area contributed by atoms with Crippen LogP contribution in [0.4, 0.5) is 14.3 Å². The Morgan fingerprint density at radius 1 is 1.08 bits per heavy atom. The number of imidazole rings is 1. The summed E-state index contributed by atoms with van der Waals surface area (Å²) in [5.74, 6) is -1.02. The van der Waals surface area contributed by atoms with E-state index in [0.717, 1.165) is 49.0 Å². The van der Waals surface area contributed by atoms with Crippen LogP contribution in [0.2, 0.25) is 0 Å². The maximum Gasteiger partial charge on any atom is 1.00 e. The summed E-state index contributed by atoms with van der Waals surface area (Å²) in [7, 11) is 0. The predicted octanol–water partition coefficient (Wildman–Crippen LogP) is 3.66. The third-order valence-corrected chi connectivity index (χ3v) is 9.84. The Hall–Kier alpha value is -3.98. The predicted molar refractivity (Wildman–Crippen MR) is 177 cm³/mol. The number of aryl methyl sites for hydroxylation is 1. The SMILES string of the molecule is CC(C)(C)OC(=O)N1CCC(c2ccc(-c3cc(F)c4c(c3)C(=O)N(C(C(=O)Nc3nccs3)c3ncn5c3CCC5)C4)cc2)CC1.[H-].[Li+]. The summed E-state index contributed by atoms with van der Waals surface area (Å²) >= 11 is 1.28. The minimum absolute atomic E-state index is 0. The summed E-state index contributed by atoms with van der Waals surface area (Å²) < 4.78 is 23.3. The van der Waals surface area contributed by atoms with Crippen LogP contribution in [0.3, 0.4) is 0 Å². The number of nitrogens with one attached hydrogen (secondary N) is 1. The molecule has 1 fully saturated rings. The van der Waals surface area contributed by atoms with Gasteiger partial charge in [0.15, 0.2) is 11.2 Å². The zero-order valence-corrected chi connectivity index (χ0v) is 28.5. The number of piperidine rings is 1. The molecule has 7 rings (SSSR count). The fourth-order valence-electron chi connectivity index (χ4n) is 6.83. The molecule has 13 heteroatoms. The quantitative estimate of drug-likeness (QED) is 0.316. The standard InChI is InChI=1S/C35H37FN6O4S.Li.H/c1-35(2,3)46-34(45)40-14-10-23(11-15-40)21-6-8-22(9-7-21)24-17-25-26(27(36)18-24)19-42(32(25)44)30(31(43)39-33-37-12-16-47-33)29-28-5-4-13-41(28)20-38-29;;/h6-9,12,16-18,20,23,30H,4-5,10-11,13-15,19H2,1-3H3,(H,37,39,43);;/q;+1;-1. The van der Waals surface area contributed by atoms with Crippen molar-refractivity contribution in [1.82, 2.24) is 24.3 Å². The van der Waals surface area contributed by atoms with E-state index in [1.807, 2.05) is 49.6 Å². The fraction of sp³-hybridized carbons (Fsp3) is 0.400. The topological polar surface area (TPSA) is 110 Å². The maximum atomic E-state index is 15.7. The van der Waals surface area contributed by atoms with Gasteiger partial charge in [-0.05, 0) is 81.2 Å². The summed E-state index contributed by atoms with van der Waals surface area (Å²) in [6, 6.07) is 10.1. The number of aromatic nitrogens is 3. The number of hydrogen-bond donors (Lipinski definition) is 1. The zero-order valence-electron chi connectivity index (χ0n) is 28.7. The van der Waals surface area contributed by atoms with Gasteiger partial charge in [-0.25, -0.2) is 19.2 Å². The van der Waals surface area contributed by atoms with Gasteiger partial charge in [0.25, 0.3) is 11.8 Å². The van der Waals surface area contributed by atoms with Crippen molar-refractivity contribution in [3.05, 3.63) is 88.2 Å². The molecule has 0 saturated carbocycles. The fourth-order valence-corrected chi connectivity index (χ4v) is 7.37. The van der Waals surface area contributed by atoms with Crippen molar-refractivity contribution in [3.63, 3.8) is 0 Å². The minimum atomic E-state index is -1.03. The molecule has 3 aliphatic heterocycles. The van der Waals surface area contributed by atoms with Crippen molar-refractivity contribution >= 4 is 34.4 Å². The van der Waals surface area contributed by atoms with Gasteiger partial charge in [0.05, 0.1) is 18.6 Å². The second kappa shape index (κ2) is 13.5. The van der Waals surface area contributed by atoms with Crippen LogP contribution in [0.25, 0.3) is 11.1 Å². The first-order chi connectivity index (χ1) is 22.6. The number of anilines is 1. The van der Waals surface area contributed by atoms with Crippen molar-refractivity contribution in [3.8, 4) is 11.1 Å². The van der Waals surface area contributed by atoms with Crippen LogP contribution in [0.1, 0.15) is 86.3 Å². The molecule has 246 valence electrons. The van der Waals surface area contributed by atoms with Crippen LogP contribution in [-0.2, 0) is 29.0 Å². The average Bonchev–Trinajstić information content (AvgIpc) is 3.85. The number of hydrogen-bond acceptors (Lipinski definition) is 7. The summed E-state index contributed by atoms with van der Waals surface area (Å²) in [6.45, 7) is 7.62. The van der Waals surface area contributed by atoms with Gasteiger partial charge in [-0.3, -0.25) is 14.9 Å². The van der Waals surface area contributed by atoms with Crippen molar-refractivity contribution in [2.45, 2.75) is 77.1 Å². The van der Waals surface area contributed by atoms with Crippen LogP contribution in [-0.4, -0.2) is 60.9 Å². The van der Waals surface area contributed by atoms with E-state index in [4.69, 9.17) is 4.74 Å². The van der Waals surface area contributed by atoms with Crippen LogP contribution < -0.4 is 24.2 Å². The molecule has 1 saturated heterocycles. The molecule has 48 heavy (non-hydrogen) atoms. The third kappa shape index (κ3) is 6.66. The normalized spacial score (nSPS) is 16.7. The molecule has 0 radical (unpaired) electrons. The summed E-state index contributed by atoms with van der Waals surface area (Å²) in [6.07, 6.45) is 6.37. The van der Waals surface area contributed by atoms with E-state index >= 15 is 4.39 Å². The average molecular weight is 665 g/mol. The molecule has 2 aromatic heterocycles. The summed E-state index contributed by atoms with van der Waals surface area (Å²) in [5.41, 5.74) is 3.98. The van der Waals surface area contributed by atoms with E-state index < -0.39 is 29.3 Å². The molecule has 0 aliphatic carbocycles. The number of benzene rings is 2. The Kier molecular flexibility index (Phi) is 9.53. The molecule has 3 aliphatic rings. The molecule has 3 amide bonds. The van der Waals surface area contributed by atoms with Crippen molar-refractivity contribution in [2.24, 2.45) is 0 Å². The van der Waals surface area contributed by atoms with Gasteiger partial charge in [-0.1, -0.05) is 24.3 Å². The molecule has 0 spiro atoms. The largest absolute Gasteiger partial charge is 1.00 e. The van der Waals surface area contributed by atoms with Gasteiger partial charge in [0.1, 0.15) is 11.4 Å². The number of thiazole rings is 1. The van der Waals surface area contributed by atoms with Crippen molar-refractivity contribution in [2.75, 3.05) is 18.4 Å². The second-order valence-corrected chi connectivity index (χ2v) is 14.3. The third-order valence-electron chi connectivity index (χ3n) is 9.15. The number of nitrogens with zero attached hydrogens (tertiary/aromatic N) is 5. The van der Waals surface area contributed by atoms with E-state index in [1.165, 1.54) is 22.3 Å². The molecule has 1 atom stereocenters. The van der Waals surface area contributed by atoms with Crippen molar-refractivity contribution in [1.29, 1.82) is 0 Å². The molecular formula is C35H38FLiN6O4S. The van der Waals surface area contributed by atoms with Gasteiger partial charge >= 0.3 is 25.0 Å². The number of likely N-dealkylation sites (tertiary alicyclic amines) is 1. The Bertz CT molecular complexity index is 1840. The van der Waals surface area contributed by atoms with E-state index in [1.54, 1.807) is 28.9 Å². The molecule has 2 aromatic carbocycles.